The Balaban J connectivity index is 1.27. The lowest BCUT2D eigenvalue weighted by Gasteiger charge is -2.28. The van der Waals surface area contributed by atoms with Gasteiger partial charge in [-0.1, -0.05) is 48.0 Å². The van der Waals surface area contributed by atoms with Gasteiger partial charge < -0.3 is 20.1 Å². The molecular weight excluding hydrogens is 496 g/mol. The van der Waals surface area contributed by atoms with Crippen molar-refractivity contribution in [3.8, 4) is 16.2 Å². The van der Waals surface area contributed by atoms with Crippen molar-refractivity contribution in [2.75, 3.05) is 19.6 Å². The Bertz CT molecular complexity index is 1200. The number of aliphatic hydroxyl groups excluding tert-OH is 1. The largest absolute Gasteiger partial charge is 0.490 e. The summed E-state index contributed by atoms with van der Waals surface area (Å²) < 4.78 is 6.49. The van der Waals surface area contributed by atoms with Crippen LogP contribution in [0.25, 0.3) is 10.4 Å². The van der Waals surface area contributed by atoms with Crippen molar-refractivity contribution < 1.29 is 19.4 Å². The molecule has 0 radical (unpaired) electrons. The number of thiophene rings is 1. The van der Waals surface area contributed by atoms with Gasteiger partial charge in [0.15, 0.2) is 0 Å². The van der Waals surface area contributed by atoms with Crippen LogP contribution in [-0.2, 0) is 4.79 Å². The number of ether oxygens (including phenoxy) is 1. The molecule has 6 nitrogen and oxygen atoms in total. The van der Waals surface area contributed by atoms with Crippen LogP contribution < -0.4 is 10.1 Å². The molecule has 8 heteroatoms. The lowest BCUT2D eigenvalue weighted by Crippen LogP contribution is -2.48. The zero-order chi connectivity index (χ0) is 25.1. The van der Waals surface area contributed by atoms with E-state index in [4.69, 9.17) is 16.3 Å². The van der Waals surface area contributed by atoms with E-state index in [0.717, 1.165) is 55.0 Å². The molecule has 1 saturated heterocycles. The van der Waals surface area contributed by atoms with Crippen LogP contribution in [0, 0.1) is 0 Å². The molecule has 1 aromatic heterocycles. The van der Waals surface area contributed by atoms with E-state index in [-0.39, 0.29) is 0 Å². The van der Waals surface area contributed by atoms with Crippen molar-refractivity contribution in [2.24, 2.45) is 0 Å². The van der Waals surface area contributed by atoms with Crippen molar-refractivity contribution in [2.45, 2.75) is 43.9 Å². The van der Waals surface area contributed by atoms with E-state index in [1.807, 2.05) is 48.5 Å². The third kappa shape index (κ3) is 6.16. The van der Waals surface area contributed by atoms with Gasteiger partial charge >= 0.3 is 0 Å². The average Bonchev–Trinajstić information content (AvgIpc) is 3.35. The third-order valence-electron chi connectivity index (χ3n) is 6.61. The molecule has 1 aliphatic carbocycles. The minimum absolute atomic E-state index is 0.297. The maximum Gasteiger partial charge on any atom is 0.292 e. The first-order valence-electron chi connectivity index (χ1n) is 12.3. The van der Waals surface area contributed by atoms with E-state index in [1.165, 1.54) is 11.3 Å². The van der Waals surface area contributed by atoms with Crippen LogP contribution in [0.4, 0.5) is 0 Å². The second-order valence-corrected chi connectivity index (χ2v) is 11.1. The molecule has 188 valence electrons. The highest BCUT2D eigenvalue weighted by atomic mass is 35.5. The summed E-state index contributed by atoms with van der Waals surface area (Å²) in [6.07, 6.45) is 3.67. The third-order valence-corrected chi connectivity index (χ3v) is 7.89. The molecule has 1 amide bonds. The van der Waals surface area contributed by atoms with Crippen molar-refractivity contribution in [1.82, 2.24) is 10.2 Å². The average molecular weight is 525 g/mol. The fourth-order valence-electron chi connectivity index (χ4n) is 4.44. The number of hydrogen-bond acceptors (Lipinski definition) is 6. The fourth-order valence-corrected chi connectivity index (χ4v) is 5.49. The molecule has 2 fully saturated rings. The minimum atomic E-state index is -0.955. The van der Waals surface area contributed by atoms with Crippen molar-refractivity contribution in [1.29, 1.82) is 0 Å². The summed E-state index contributed by atoms with van der Waals surface area (Å²) in [4.78, 5) is 29.1. The summed E-state index contributed by atoms with van der Waals surface area (Å²) >= 11 is 7.48. The number of ketones is 1. The summed E-state index contributed by atoms with van der Waals surface area (Å²) in [6.45, 7) is 2.30. The lowest BCUT2D eigenvalue weighted by molar-refractivity contribution is -0.118. The lowest BCUT2D eigenvalue weighted by atomic mass is 10.0. The number of nitrogens with zero attached hydrogens (tertiary/aromatic N) is 1. The molecule has 2 N–H and O–H groups in total. The number of hydrogen-bond donors (Lipinski definition) is 2. The zero-order valence-corrected chi connectivity index (χ0v) is 21.4. The summed E-state index contributed by atoms with van der Waals surface area (Å²) in [5.74, 6) is -0.576. The molecular formula is C28H29ClN2O4S. The first-order chi connectivity index (χ1) is 17.5. The Morgan fingerprint density at radius 1 is 1.03 bits per heavy atom. The van der Waals surface area contributed by atoms with Crippen molar-refractivity contribution >= 4 is 34.6 Å². The number of aliphatic hydroxyl groups is 1. The molecule has 2 aliphatic rings. The summed E-state index contributed by atoms with van der Waals surface area (Å²) in [6, 6.07) is 17.4. The molecule has 3 aromatic rings. The molecule has 2 atom stereocenters. The van der Waals surface area contributed by atoms with Gasteiger partial charge in [-0.25, -0.2) is 0 Å². The normalized spacial score (nSPS) is 17.5. The Morgan fingerprint density at radius 3 is 2.33 bits per heavy atom. The van der Waals surface area contributed by atoms with Crippen LogP contribution >= 0.6 is 22.9 Å². The zero-order valence-electron chi connectivity index (χ0n) is 19.9. The van der Waals surface area contributed by atoms with Crippen LogP contribution in [0.5, 0.6) is 5.75 Å². The van der Waals surface area contributed by atoms with Gasteiger partial charge in [-0.15, -0.1) is 11.3 Å². The Kier molecular flexibility index (Phi) is 7.72. The second-order valence-electron chi connectivity index (χ2n) is 9.43. The second kappa shape index (κ2) is 11.1. The van der Waals surface area contributed by atoms with Gasteiger partial charge in [0.2, 0.25) is 5.78 Å². The van der Waals surface area contributed by atoms with Crippen molar-refractivity contribution in [3.05, 3.63) is 76.1 Å². The van der Waals surface area contributed by atoms with E-state index in [1.54, 1.807) is 12.1 Å². The van der Waals surface area contributed by atoms with E-state index < -0.39 is 23.8 Å². The summed E-state index contributed by atoms with van der Waals surface area (Å²) in [5.41, 5.74) is 1.91. The maximum absolute atomic E-state index is 13.0. The van der Waals surface area contributed by atoms with Gasteiger partial charge in [0.05, 0.1) is 16.5 Å². The quantitative estimate of drug-likeness (QED) is 0.285. The number of amides is 1. The Hall–Kier alpha value is -2.71. The molecule has 0 spiro atoms. The molecule has 5 rings (SSSR count). The predicted octanol–water partition coefficient (Wildman–Crippen LogP) is 5.11. The summed E-state index contributed by atoms with van der Waals surface area (Å²) in [7, 11) is 0. The Morgan fingerprint density at radius 2 is 1.72 bits per heavy atom. The van der Waals surface area contributed by atoms with Crippen LogP contribution in [0.2, 0.25) is 4.34 Å². The number of rotatable bonds is 10. The minimum Gasteiger partial charge on any atom is -0.490 e. The molecule has 36 heavy (non-hydrogen) atoms. The number of likely N-dealkylation sites (tertiary alicyclic amines) is 1. The number of halogens is 1. The number of benzene rings is 2. The summed E-state index contributed by atoms with van der Waals surface area (Å²) in [5, 5.41) is 14.0. The van der Waals surface area contributed by atoms with Gasteiger partial charge in [0.25, 0.3) is 5.91 Å². The molecule has 2 heterocycles. The van der Waals surface area contributed by atoms with Crippen molar-refractivity contribution in [3.63, 3.8) is 0 Å². The molecule has 0 bridgehead atoms. The number of carbonyl (C=O) groups is 2. The predicted molar refractivity (Wildman–Crippen MR) is 142 cm³/mol. The highest BCUT2D eigenvalue weighted by Gasteiger charge is 2.29. The van der Waals surface area contributed by atoms with Gasteiger partial charge in [-0.05, 0) is 74.2 Å². The van der Waals surface area contributed by atoms with E-state index in [9.17, 15) is 14.7 Å². The van der Waals surface area contributed by atoms with Crippen LogP contribution in [-0.4, -0.2) is 53.5 Å². The maximum atomic E-state index is 13.0. The molecule has 0 unspecified atom stereocenters. The van der Waals surface area contributed by atoms with Gasteiger partial charge in [-0.3, -0.25) is 9.59 Å². The first kappa shape index (κ1) is 25.0. The van der Waals surface area contributed by atoms with E-state index in [0.29, 0.717) is 28.1 Å². The van der Waals surface area contributed by atoms with Gasteiger partial charge in [0, 0.05) is 17.0 Å². The van der Waals surface area contributed by atoms with Gasteiger partial charge in [-0.2, -0.15) is 0 Å². The monoisotopic (exact) mass is 524 g/mol. The van der Waals surface area contributed by atoms with Crippen LogP contribution in [0.1, 0.15) is 47.7 Å². The molecule has 2 aromatic carbocycles. The Labute approximate surface area is 219 Å². The number of nitrogens with one attached hydrogen (secondary N) is 1. The number of Topliss-reactive ketones (excluding diaryl/α,β-unsaturated/α-hetero) is 1. The standard InChI is InChI=1S/C28H29ClN2O4S/c29-25-14-13-24(36-25)18-3-5-20(6-4-18)27(33)28(34)30-23(17-31-15-1-2-16-31)26(32)19-7-9-21(10-8-19)35-22-11-12-22/h3-10,13-14,22-23,26,32H,1-2,11-12,15-17H2,(H,30,34)/t23-,26-/m1/s1. The van der Waals surface area contributed by atoms with Crippen LogP contribution in [0.3, 0.4) is 0 Å². The van der Waals surface area contributed by atoms with Gasteiger partial charge in [0.1, 0.15) is 11.9 Å². The topological polar surface area (TPSA) is 78.9 Å². The van der Waals surface area contributed by atoms with E-state index >= 15 is 0 Å². The SMILES string of the molecule is O=C(N[C@H](CN1CCCC1)[C@H](O)c1ccc(OC2CC2)cc1)C(=O)c1ccc(-c2ccc(Cl)s2)cc1. The van der Waals surface area contributed by atoms with Crippen LogP contribution in [0.15, 0.2) is 60.7 Å². The smallest absolute Gasteiger partial charge is 0.292 e. The molecule has 1 aliphatic heterocycles. The molecule has 1 saturated carbocycles. The number of carbonyl (C=O) groups excluding carboxylic acids is 2. The fraction of sp³-hybridized carbons (Fsp3) is 0.357. The highest BCUT2D eigenvalue weighted by Crippen LogP contribution is 2.31. The van der Waals surface area contributed by atoms with E-state index in [2.05, 4.69) is 10.2 Å². The first-order valence-corrected chi connectivity index (χ1v) is 13.5. The highest BCUT2D eigenvalue weighted by molar-refractivity contribution is 7.19.